The highest BCUT2D eigenvalue weighted by Crippen LogP contribution is 2.30. The summed E-state index contributed by atoms with van der Waals surface area (Å²) in [7, 11) is 0. The number of carbonyl (C=O) groups is 1. The molecule has 34 heavy (non-hydrogen) atoms. The van der Waals surface area contributed by atoms with Crippen LogP contribution in [0.15, 0.2) is 65.4 Å². The molecule has 0 N–H and O–H groups in total. The molecule has 0 atom stereocenters. The van der Waals surface area contributed by atoms with Gasteiger partial charge < -0.3 is 9.42 Å². The molecule has 1 aliphatic heterocycles. The Labute approximate surface area is 207 Å². The number of aromatic nitrogens is 3. The Morgan fingerprint density at radius 3 is 2.65 bits per heavy atom. The van der Waals surface area contributed by atoms with Crippen molar-refractivity contribution in [3.8, 4) is 21.8 Å². The Bertz CT molecular complexity index is 1250. The van der Waals surface area contributed by atoms with E-state index < -0.39 is 0 Å². The van der Waals surface area contributed by atoms with Crippen molar-refractivity contribution in [2.45, 2.75) is 19.4 Å². The first-order chi connectivity index (χ1) is 16.6. The van der Waals surface area contributed by atoms with Crippen molar-refractivity contribution in [2.75, 3.05) is 26.2 Å². The van der Waals surface area contributed by atoms with Crippen LogP contribution in [-0.4, -0.2) is 57.0 Å². The van der Waals surface area contributed by atoms with Crippen LogP contribution >= 0.6 is 22.9 Å². The van der Waals surface area contributed by atoms with Crippen molar-refractivity contribution in [3.05, 3.63) is 76.7 Å². The fourth-order valence-corrected chi connectivity index (χ4v) is 5.22. The predicted octanol–water partition coefficient (Wildman–Crippen LogP) is 4.79. The lowest BCUT2D eigenvalue weighted by Crippen LogP contribution is -2.48. The van der Waals surface area contributed by atoms with Gasteiger partial charge in [0.2, 0.25) is 17.6 Å². The highest BCUT2D eigenvalue weighted by atomic mass is 35.5. The van der Waals surface area contributed by atoms with Gasteiger partial charge in [-0.1, -0.05) is 28.9 Å². The first-order valence-electron chi connectivity index (χ1n) is 11.2. The monoisotopic (exact) mass is 493 g/mol. The van der Waals surface area contributed by atoms with Crippen LogP contribution in [0.2, 0.25) is 5.02 Å². The number of piperazine rings is 1. The van der Waals surface area contributed by atoms with Gasteiger partial charge in [0.25, 0.3) is 0 Å². The number of nitrogens with zero attached hydrogens (tertiary/aromatic N) is 5. The van der Waals surface area contributed by atoms with E-state index in [9.17, 15) is 4.79 Å². The van der Waals surface area contributed by atoms with Crippen molar-refractivity contribution < 1.29 is 9.32 Å². The molecule has 174 valence electrons. The lowest BCUT2D eigenvalue weighted by molar-refractivity contribution is -0.133. The quantitative estimate of drug-likeness (QED) is 0.368. The SMILES string of the molecule is O=C(CCc1nc(-c2ccncc2)no1)N1CCN(Cc2ccc(-c3cccc(Cl)c3)s2)CC1. The maximum atomic E-state index is 12.7. The first kappa shape index (κ1) is 22.7. The number of halogens is 1. The molecule has 0 radical (unpaired) electrons. The number of pyridine rings is 1. The molecule has 3 aromatic heterocycles. The van der Waals surface area contributed by atoms with Crippen LogP contribution in [0, 0.1) is 0 Å². The largest absolute Gasteiger partial charge is 0.340 e. The Hall–Kier alpha value is -3.07. The second-order valence-corrected chi connectivity index (χ2v) is 9.79. The maximum absolute atomic E-state index is 12.7. The normalized spacial score (nSPS) is 14.4. The third kappa shape index (κ3) is 5.52. The summed E-state index contributed by atoms with van der Waals surface area (Å²) in [5, 5.41) is 4.75. The average molecular weight is 494 g/mol. The zero-order valence-electron chi connectivity index (χ0n) is 18.6. The van der Waals surface area contributed by atoms with E-state index in [1.54, 1.807) is 23.7 Å². The zero-order valence-corrected chi connectivity index (χ0v) is 20.1. The number of benzene rings is 1. The Kier molecular flexibility index (Phi) is 6.99. The van der Waals surface area contributed by atoms with Crippen molar-refractivity contribution >= 4 is 28.8 Å². The summed E-state index contributed by atoms with van der Waals surface area (Å²) in [6.45, 7) is 4.09. The molecule has 0 aliphatic carbocycles. The molecule has 1 amide bonds. The third-order valence-electron chi connectivity index (χ3n) is 5.83. The molecule has 5 rings (SSSR count). The average Bonchev–Trinajstić information content (AvgIpc) is 3.54. The van der Waals surface area contributed by atoms with Crippen molar-refractivity contribution in [1.29, 1.82) is 0 Å². The maximum Gasteiger partial charge on any atom is 0.227 e. The summed E-state index contributed by atoms with van der Waals surface area (Å²) >= 11 is 7.92. The van der Waals surface area contributed by atoms with Gasteiger partial charge in [-0.2, -0.15) is 4.98 Å². The summed E-state index contributed by atoms with van der Waals surface area (Å²) in [4.78, 5) is 28.0. The van der Waals surface area contributed by atoms with Gasteiger partial charge in [-0.15, -0.1) is 11.3 Å². The zero-order chi connectivity index (χ0) is 23.3. The molecule has 1 fully saturated rings. The number of thiophene rings is 1. The number of aryl methyl sites for hydroxylation is 1. The second-order valence-electron chi connectivity index (χ2n) is 8.18. The second kappa shape index (κ2) is 10.5. The fourth-order valence-electron chi connectivity index (χ4n) is 3.98. The van der Waals surface area contributed by atoms with Crippen LogP contribution in [0.25, 0.3) is 21.8 Å². The lowest BCUT2D eigenvalue weighted by Gasteiger charge is -2.34. The predicted molar refractivity (Wildman–Crippen MR) is 132 cm³/mol. The Morgan fingerprint density at radius 1 is 1.03 bits per heavy atom. The minimum atomic E-state index is 0.127. The van der Waals surface area contributed by atoms with Gasteiger partial charge in [0.1, 0.15) is 0 Å². The molecule has 0 spiro atoms. The summed E-state index contributed by atoms with van der Waals surface area (Å²) in [5.41, 5.74) is 1.99. The van der Waals surface area contributed by atoms with Crippen LogP contribution in [0.5, 0.6) is 0 Å². The van der Waals surface area contributed by atoms with E-state index in [-0.39, 0.29) is 5.91 Å². The highest BCUT2D eigenvalue weighted by Gasteiger charge is 2.22. The molecule has 1 saturated heterocycles. The van der Waals surface area contributed by atoms with E-state index in [1.165, 1.54) is 9.75 Å². The first-order valence-corrected chi connectivity index (χ1v) is 12.4. The van der Waals surface area contributed by atoms with Crippen molar-refractivity contribution in [3.63, 3.8) is 0 Å². The molecule has 0 saturated carbocycles. The van der Waals surface area contributed by atoms with Gasteiger partial charge in [-0.3, -0.25) is 14.7 Å². The van der Waals surface area contributed by atoms with Crippen LogP contribution in [-0.2, 0) is 17.8 Å². The van der Waals surface area contributed by atoms with Gasteiger partial charge in [-0.25, -0.2) is 0 Å². The van der Waals surface area contributed by atoms with Crippen LogP contribution in [0.3, 0.4) is 0 Å². The highest BCUT2D eigenvalue weighted by molar-refractivity contribution is 7.15. The van der Waals surface area contributed by atoms with E-state index in [2.05, 4.69) is 38.2 Å². The lowest BCUT2D eigenvalue weighted by atomic mass is 10.2. The number of rotatable bonds is 7. The topological polar surface area (TPSA) is 75.4 Å². The number of carbonyl (C=O) groups excluding carboxylic acids is 1. The van der Waals surface area contributed by atoms with Gasteiger partial charge in [0.05, 0.1) is 0 Å². The summed E-state index contributed by atoms with van der Waals surface area (Å²) < 4.78 is 5.31. The molecule has 4 aromatic rings. The smallest absolute Gasteiger partial charge is 0.227 e. The van der Waals surface area contributed by atoms with E-state index >= 15 is 0 Å². The summed E-state index contributed by atoms with van der Waals surface area (Å²) in [6, 6.07) is 15.9. The van der Waals surface area contributed by atoms with Gasteiger partial charge in [0.15, 0.2) is 0 Å². The molecule has 1 aromatic carbocycles. The molecule has 0 bridgehead atoms. The van der Waals surface area contributed by atoms with Crippen LogP contribution < -0.4 is 0 Å². The Balaban J connectivity index is 1.08. The molecule has 7 nitrogen and oxygen atoms in total. The minimum Gasteiger partial charge on any atom is -0.340 e. The van der Waals surface area contributed by atoms with Gasteiger partial charge in [-0.05, 0) is 42.0 Å². The third-order valence-corrected chi connectivity index (χ3v) is 7.19. The molecule has 4 heterocycles. The van der Waals surface area contributed by atoms with Crippen LogP contribution in [0.1, 0.15) is 17.2 Å². The van der Waals surface area contributed by atoms with Gasteiger partial charge in [0, 0.05) is 78.3 Å². The summed E-state index contributed by atoms with van der Waals surface area (Å²) in [5.74, 6) is 1.13. The minimum absolute atomic E-state index is 0.127. The van der Waals surface area contributed by atoms with Crippen LogP contribution in [0.4, 0.5) is 0 Å². The Morgan fingerprint density at radius 2 is 1.85 bits per heavy atom. The molecule has 0 unspecified atom stereocenters. The van der Waals surface area contributed by atoms with E-state index in [0.717, 1.165) is 48.9 Å². The fraction of sp³-hybridized carbons (Fsp3) is 0.280. The van der Waals surface area contributed by atoms with Gasteiger partial charge >= 0.3 is 0 Å². The summed E-state index contributed by atoms with van der Waals surface area (Å²) in [6.07, 6.45) is 4.18. The van der Waals surface area contributed by atoms with Crippen molar-refractivity contribution in [2.24, 2.45) is 0 Å². The number of amides is 1. The molecular formula is C25H24ClN5O2S. The van der Waals surface area contributed by atoms with E-state index in [0.29, 0.717) is 24.6 Å². The number of hydrogen-bond donors (Lipinski definition) is 0. The van der Waals surface area contributed by atoms with E-state index in [4.69, 9.17) is 16.1 Å². The molecule has 1 aliphatic rings. The van der Waals surface area contributed by atoms with Crippen molar-refractivity contribution in [1.82, 2.24) is 24.9 Å². The van der Waals surface area contributed by atoms with E-state index in [1.807, 2.05) is 35.2 Å². The number of hydrogen-bond acceptors (Lipinski definition) is 7. The standard InChI is InChI=1S/C25H24ClN5O2S/c26-20-3-1-2-19(16-20)22-5-4-21(34-22)17-30-12-14-31(15-13-30)24(32)7-6-23-28-25(29-33-23)18-8-10-27-11-9-18/h1-5,8-11,16H,6-7,12-15,17H2. The molecule has 9 heteroatoms. The molecular weight excluding hydrogens is 470 g/mol.